The third-order valence-electron chi connectivity index (χ3n) is 2.79. The number of carboxylic acids is 2. The zero-order valence-corrected chi connectivity index (χ0v) is 11.4. The first-order valence-electron chi connectivity index (χ1n) is 6.71. The molecule has 0 aromatic rings. The van der Waals surface area contributed by atoms with Crippen molar-refractivity contribution in [2.75, 3.05) is 0 Å². The Bertz CT molecular complexity index is 303. The fraction of sp³-hybridized carbons (Fsp3) is 0.769. The smallest absolute Gasteiger partial charge is 0.326 e. The molecule has 3 N–H and O–H groups in total. The Morgan fingerprint density at radius 2 is 1.63 bits per heavy atom. The van der Waals surface area contributed by atoms with Crippen LogP contribution in [0.25, 0.3) is 0 Å². The van der Waals surface area contributed by atoms with Crippen LogP contribution in [0.15, 0.2) is 0 Å². The van der Waals surface area contributed by atoms with Gasteiger partial charge in [-0.3, -0.25) is 9.59 Å². The maximum absolute atomic E-state index is 11.5. The SMILES string of the molecule is CCCCCCCC(=O)N[C@@H](CCC(=O)O)C(=O)O. The molecule has 0 rings (SSSR count). The van der Waals surface area contributed by atoms with E-state index in [4.69, 9.17) is 10.2 Å². The predicted octanol–water partition coefficient (Wildman–Crippen LogP) is 1.78. The zero-order chi connectivity index (χ0) is 14.7. The third kappa shape index (κ3) is 10.1. The van der Waals surface area contributed by atoms with E-state index in [1.165, 1.54) is 0 Å². The standard InChI is InChI=1S/C13H23NO5/c1-2-3-4-5-6-7-11(15)14-10(13(18)19)8-9-12(16)17/h10H,2-9H2,1H3,(H,14,15)(H,16,17)(H,18,19)/t10-/m0/s1. The summed E-state index contributed by atoms with van der Waals surface area (Å²) in [7, 11) is 0. The van der Waals surface area contributed by atoms with E-state index >= 15 is 0 Å². The Morgan fingerprint density at radius 3 is 2.16 bits per heavy atom. The molecule has 6 heteroatoms. The molecule has 19 heavy (non-hydrogen) atoms. The van der Waals surface area contributed by atoms with Gasteiger partial charge in [-0.2, -0.15) is 0 Å². The second kappa shape index (κ2) is 10.3. The van der Waals surface area contributed by atoms with E-state index < -0.39 is 18.0 Å². The fourth-order valence-electron chi connectivity index (χ4n) is 1.68. The van der Waals surface area contributed by atoms with Crippen LogP contribution in [0.5, 0.6) is 0 Å². The van der Waals surface area contributed by atoms with E-state index in [0.29, 0.717) is 6.42 Å². The summed E-state index contributed by atoms with van der Waals surface area (Å²) in [6, 6.07) is -1.11. The average molecular weight is 273 g/mol. The number of nitrogens with one attached hydrogen (secondary N) is 1. The number of hydrogen-bond acceptors (Lipinski definition) is 3. The summed E-state index contributed by atoms with van der Waals surface area (Å²) >= 11 is 0. The highest BCUT2D eigenvalue weighted by molar-refractivity contribution is 5.83. The lowest BCUT2D eigenvalue weighted by Crippen LogP contribution is -2.41. The third-order valence-corrected chi connectivity index (χ3v) is 2.79. The van der Waals surface area contributed by atoms with Crippen LogP contribution in [0.3, 0.4) is 0 Å². The van der Waals surface area contributed by atoms with Gasteiger partial charge in [0.1, 0.15) is 6.04 Å². The maximum atomic E-state index is 11.5. The highest BCUT2D eigenvalue weighted by atomic mass is 16.4. The van der Waals surface area contributed by atoms with Crippen LogP contribution in [0.2, 0.25) is 0 Å². The van der Waals surface area contributed by atoms with Crippen LogP contribution in [-0.4, -0.2) is 34.1 Å². The molecule has 1 atom stereocenters. The number of carbonyl (C=O) groups excluding carboxylic acids is 1. The molecule has 6 nitrogen and oxygen atoms in total. The van der Waals surface area contributed by atoms with Crippen molar-refractivity contribution in [1.82, 2.24) is 5.32 Å². The molecule has 0 aliphatic carbocycles. The molecule has 0 heterocycles. The molecule has 0 unspecified atom stereocenters. The van der Waals surface area contributed by atoms with Gasteiger partial charge in [-0.05, 0) is 12.8 Å². The minimum absolute atomic E-state index is 0.0910. The highest BCUT2D eigenvalue weighted by Crippen LogP contribution is 2.05. The maximum Gasteiger partial charge on any atom is 0.326 e. The second-order valence-corrected chi connectivity index (χ2v) is 4.55. The van der Waals surface area contributed by atoms with E-state index in [9.17, 15) is 14.4 Å². The van der Waals surface area contributed by atoms with Crippen LogP contribution < -0.4 is 5.32 Å². The van der Waals surface area contributed by atoms with Crippen molar-refractivity contribution in [2.45, 2.75) is 64.3 Å². The summed E-state index contributed by atoms with van der Waals surface area (Å²) in [5, 5.41) is 19.7. The number of hydrogen-bond donors (Lipinski definition) is 3. The van der Waals surface area contributed by atoms with Gasteiger partial charge in [-0.15, -0.1) is 0 Å². The van der Waals surface area contributed by atoms with Crippen LogP contribution >= 0.6 is 0 Å². The van der Waals surface area contributed by atoms with Gasteiger partial charge in [0.15, 0.2) is 0 Å². The first kappa shape index (κ1) is 17.4. The second-order valence-electron chi connectivity index (χ2n) is 4.55. The van der Waals surface area contributed by atoms with E-state index in [0.717, 1.165) is 32.1 Å². The molecule has 0 aliphatic rings. The van der Waals surface area contributed by atoms with Crippen molar-refractivity contribution in [3.8, 4) is 0 Å². The fourth-order valence-corrected chi connectivity index (χ4v) is 1.68. The Kier molecular flexibility index (Phi) is 9.48. The normalized spacial score (nSPS) is 11.8. The van der Waals surface area contributed by atoms with Gasteiger partial charge in [0, 0.05) is 12.8 Å². The van der Waals surface area contributed by atoms with Crippen molar-refractivity contribution in [3.05, 3.63) is 0 Å². The number of rotatable bonds is 11. The van der Waals surface area contributed by atoms with Gasteiger partial charge in [-0.25, -0.2) is 4.79 Å². The van der Waals surface area contributed by atoms with E-state index in [-0.39, 0.29) is 18.7 Å². The average Bonchev–Trinajstić information content (AvgIpc) is 2.33. The summed E-state index contributed by atoms with van der Waals surface area (Å²) < 4.78 is 0. The number of carbonyl (C=O) groups is 3. The largest absolute Gasteiger partial charge is 0.481 e. The lowest BCUT2D eigenvalue weighted by Gasteiger charge is -2.13. The quantitative estimate of drug-likeness (QED) is 0.498. The van der Waals surface area contributed by atoms with Gasteiger partial charge in [0.05, 0.1) is 0 Å². The molecule has 0 aliphatic heterocycles. The minimum atomic E-state index is -1.19. The molecule has 0 fully saturated rings. The number of amides is 1. The summed E-state index contributed by atoms with van der Waals surface area (Å²) in [6.07, 6.45) is 4.96. The first-order chi connectivity index (χ1) is 8.97. The molecule has 0 bridgehead atoms. The van der Waals surface area contributed by atoms with Gasteiger partial charge in [0.2, 0.25) is 5.91 Å². The monoisotopic (exact) mass is 273 g/mol. The topological polar surface area (TPSA) is 104 Å². The van der Waals surface area contributed by atoms with Crippen molar-refractivity contribution in [1.29, 1.82) is 0 Å². The predicted molar refractivity (Wildman–Crippen MR) is 69.8 cm³/mol. The van der Waals surface area contributed by atoms with Gasteiger partial charge in [-0.1, -0.05) is 32.6 Å². The minimum Gasteiger partial charge on any atom is -0.481 e. The molecule has 0 saturated carbocycles. The number of carboxylic acid groups (broad SMARTS) is 2. The lowest BCUT2D eigenvalue weighted by molar-refractivity contribution is -0.143. The van der Waals surface area contributed by atoms with Gasteiger partial charge < -0.3 is 15.5 Å². The zero-order valence-electron chi connectivity index (χ0n) is 11.4. The molecule has 0 saturated heterocycles. The van der Waals surface area contributed by atoms with E-state index in [1.54, 1.807) is 0 Å². The van der Waals surface area contributed by atoms with Crippen molar-refractivity contribution in [3.63, 3.8) is 0 Å². The Balaban J connectivity index is 3.90. The van der Waals surface area contributed by atoms with Crippen molar-refractivity contribution >= 4 is 17.8 Å². The van der Waals surface area contributed by atoms with Crippen LogP contribution in [0.1, 0.15) is 58.3 Å². The van der Waals surface area contributed by atoms with E-state index in [2.05, 4.69) is 12.2 Å². The summed E-state index contributed by atoms with van der Waals surface area (Å²) in [5.74, 6) is -2.59. The molecular formula is C13H23NO5. The summed E-state index contributed by atoms with van der Waals surface area (Å²) in [5.41, 5.74) is 0. The van der Waals surface area contributed by atoms with E-state index in [1.807, 2.05) is 0 Å². The number of aliphatic carboxylic acids is 2. The Hall–Kier alpha value is -1.59. The molecule has 0 aromatic carbocycles. The van der Waals surface area contributed by atoms with Crippen LogP contribution in [0, 0.1) is 0 Å². The van der Waals surface area contributed by atoms with Crippen LogP contribution in [-0.2, 0) is 14.4 Å². The van der Waals surface area contributed by atoms with Gasteiger partial charge >= 0.3 is 11.9 Å². The number of unbranched alkanes of at least 4 members (excludes halogenated alkanes) is 4. The molecule has 110 valence electrons. The van der Waals surface area contributed by atoms with Crippen LogP contribution in [0.4, 0.5) is 0 Å². The Morgan fingerprint density at radius 1 is 1.00 bits per heavy atom. The molecule has 0 radical (unpaired) electrons. The molecule has 0 aromatic heterocycles. The Labute approximate surface area is 113 Å². The highest BCUT2D eigenvalue weighted by Gasteiger charge is 2.20. The lowest BCUT2D eigenvalue weighted by atomic mass is 10.1. The molecule has 1 amide bonds. The summed E-state index contributed by atoms with van der Waals surface area (Å²) in [6.45, 7) is 2.10. The summed E-state index contributed by atoms with van der Waals surface area (Å²) in [4.78, 5) is 32.7. The molecule has 0 spiro atoms. The van der Waals surface area contributed by atoms with Crippen molar-refractivity contribution < 1.29 is 24.6 Å². The first-order valence-corrected chi connectivity index (χ1v) is 6.71. The van der Waals surface area contributed by atoms with Crippen molar-refractivity contribution in [2.24, 2.45) is 0 Å². The van der Waals surface area contributed by atoms with Gasteiger partial charge in [0.25, 0.3) is 0 Å². The molecular weight excluding hydrogens is 250 g/mol.